The van der Waals surface area contributed by atoms with Gasteiger partial charge in [0.15, 0.2) is 5.96 Å². The van der Waals surface area contributed by atoms with Crippen molar-refractivity contribution < 1.29 is 9.53 Å². The third-order valence-corrected chi connectivity index (χ3v) is 3.55. The SMILES string of the molecule is CCNC(=NCCN1CCN(C(=O)OC(C)(C)C)CC1)NC(C)(C)C.I. The minimum atomic E-state index is -0.439. The molecule has 8 heteroatoms. The molecule has 1 amide bonds. The molecule has 1 fully saturated rings. The number of hydrogen-bond acceptors (Lipinski definition) is 4. The highest BCUT2D eigenvalue weighted by molar-refractivity contribution is 14.0. The van der Waals surface area contributed by atoms with Gasteiger partial charge in [-0.15, -0.1) is 24.0 Å². The number of carbonyl (C=O) groups excluding carboxylic acids is 1. The summed E-state index contributed by atoms with van der Waals surface area (Å²) < 4.78 is 5.43. The lowest BCUT2D eigenvalue weighted by Gasteiger charge is -2.35. The lowest BCUT2D eigenvalue weighted by molar-refractivity contribution is 0.0148. The van der Waals surface area contributed by atoms with Crippen LogP contribution < -0.4 is 10.6 Å². The second-order valence-electron chi connectivity index (χ2n) is 8.44. The van der Waals surface area contributed by atoms with Crippen molar-refractivity contribution in [2.45, 2.75) is 59.6 Å². The van der Waals surface area contributed by atoms with E-state index in [-0.39, 0.29) is 35.6 Å². The minimum absolute atomic E-state index is 0. The molecule has 0 aromatic carbocycles. The van der Waals surface area contributed by atoms with E-state index in [0.717, 1.165) is 38.7 Å². The van der Waals surface area contributed by atoms with Crippen molar-refractivity contribution in [3.63, 3.8) is 0 Å². The summed E-state index contributed by atoms with van der Waals surface area (Å²) in [6.45, 7) is 19.7. The van der Waals surface area contributed by atoms with Crippen LogP contribution in [0.15, 0.2) is 4.99 Å². The van der Waals surface area contributed by atoms with Crippen LogP contribution in [0.4, 0.5) is 4.79 Å². The van der Waals surface area contributed by atoms with E-state index in [0.29, 0.717) is 13.1 Å². The lowest BCUT2D eigenvalue weighted by Crippen LogP contribution is -2.50. The third kappa shape index (κ3) is 11.1. The maximum atomic E-state index is 12.1. The number of hydrogen-bond donors (Lipinski definition) is 2. The van der Waals surface area contributed by atoms with E-state index in [4.69, 9.17) is 4.74 Å². The Morgan fingerprint density at radius 3 is 2.12 bits per heavy atom. The molecule has 1 aliphatic heterocycles. The first-order chi connectivity index (χ1) is 11.5. The van der Waals surface area contributed by atoms with E-state index in [1.807, 2.05) is 20.8 Å². The number of carbonyl (C=O) groups is 1. The van der Waals surface area contributed by atoms with Crippen molar-refractivity contribution in [1.29, 1.82) is 0 Å². The second kappa shape index (κ2) is 11.2. The summed E-state index contributed by atoms with van der Waals surface area (Å²) >= 11 is 0. The van der Waals surface area contributed by atoms with Gasteiger partial charge in [-0.3, -0.25) is 9.89 Å². The monoisotopic (exact) mass is 483 g/mol. The van der Waals surface area contributed by atoms with Crippen LogP contribution in [0.5, 0.6) is 0 Å². The third-order valence-electron chi connectivity index (χ3n) is 3.55. The molecule has 1 aliphatic rings. The van der Waals surface area contributed by atoms with Gasteiger partial charge in [0.2, 0.25) is 0 Å². The van der Waals surface area contributed by atoms with Crippen LogP contribution in [0, 0.1) is 0 Å². The Balaban J connectivity index is 0.00000625. The average molecular weight is 483 g/mol. The van der Waals surface area contributed by atoms with Crippen molar-refractivity contribution in [2.75, 3.05) is 45.8 Å². The van der Waals surface area contributed by atoms with Crippen LogP contribution in [0.3, 0.4) is 0 Å². The van der Waals surface area contributed by atoms with Gasteiger partial charge in [-0.05, 0) is 48.5 Å². The van der Waals surface area contributed by atoms with Crippen LogP contribution >= 0.6 is 24.0 Å². The molecule has 0 aliphatic carbocycles. The van der Waals surface area contributed by atoms with E-state index >= 15 is 0 Å². The molecule has 0 radical (unpaired) electrons. The Morgan fingerprint density at radius 1 is 1.08 bits per heavy atom. The van der Waals surface area contributed by atoms with E-state index < -0.39 is 5.60 Å². The fourth-order valence-corrected chi connectivity index (χ4v) is 2.45. The number of guanidine groups is 1. The summed E-state index contributed by atoms with van der Waals surface area (Å²) in [6.07, 6.45) is -0.214. The molecule has 1 heterocycles. The predicted molar refractivity (Wildman–Crippen MR) is 119 cm³/mol. The van der Waals surface area contributed by atoms with Crippen LogP contribution in [0.25, 0.3) is 0 Å². The van der Waals surface area contributed by atoms with Gasteiger partial charge in [0.1, 0.15) is 5.60 Å². The Labute approximate surface area is 176 Å². The van der Waals surface area contributed by atoms with E-state index in [1.165, 1.54) is 0 Å². The minimum Gasteiger partial charge on any atom is -0.444 e. The summed E-state index contributed by atoms with van der Waals surface area (Å²) in [5.74, 6) is 0.849. The zero-order valence-corrected chi connectivity index (χ0v) is 19.8. The molecule has 2 N–H and O–H groups in total. The van der Waals surface area contributed by atoms with E-state index in [9.17, 15) is 4.79 Å². The van der Waals surface area contributed by atoms with Gasteiger partial charge in [-0.1, -0.05) is 0 Å². The molecule has 0 aromatic rings. The van der Waals surface area contributed by atoms with Gasteiger partial charge in [0, 0.05) is 44.8 Å². The molecule has 0 spiro atoms. The number of nitrogens with one attached hydrogen (secondary N) is 2. The molecule has 26 heavy (non-hydrogen) atoms. The van der Waals surface area contributed by atoms with Gasteiger partial charge >= 0.3 is 6.09 Å². The molecule has 0 unspecified atom stereocenters. The topological polar surface area (TPSA) is 69.2 Å². The quantitative estimate of drug-likeness (QED) is 0.366. The number of amides is 1. The number of rotatable bonds is 4. The number of ether oxygens (including phenoxy) is 1. The first-order valence-corrected chi connectivity index (χ1v) is 9.27. The average Bonchev–Trinajstić information content (AvgIpc) is 2.44. The van der Waals surface area contributed by atoms with Gasteiger partial charge < -0.3 is 20.3 Å². The number of aliphatic imine (C=N–C) groups is 1. The number of halogens is 1. The fourth-order valence-electron chi connectivity index (χ4n) is 2.45. The van der Waals surface area contributed by atoms with E-state index in [2.05, 4.69) is 48.2 Å². The van der Waals surface area contributed by atoms with Crippen molar-refractivity contribution >= 4 is 36.0 Å². The molecule has 0 aromatic heterocycles. The molecular formula is C18H38IN5O2. The van der Waals surface area contributed by atoms with Crippen molar-refractivity contribution in [1.82, 2.24) is 20.4 Å². The smallest absolute Gasteiger partial charge is 0.410 e. The van der Waals surface area contributed by atoms with Gasteiger partial charge in [-0.2, -0.15) is 0 Å². The maximum Gasteiger partial charge on any atom is 0.410 e. The molecule has 1 rings (SSSR count). The highest BCUT2D eigenvalue weighted by atomic mass is 127. The molecular weight excluding hydrogens is 445 g/mol. The molecule has 1 saturated heterocycles. The predicted octanol–water partition coefficient (Wildman–Crippen LogP) is 2.51. The van der Waals surface area contributed by atoms with E-state index in [1.54, 1.807) is 4.90 Å². The largest absolute Gasteiger partial charge is 0.444 e. The summed E-state index contributed by atoms with van der Waals surface area (Å²) in [7, 11) is 0. The maximum absolute atomic E-state index is 12.1. The summed E-state index contributed by atoms with van der Waals surface area (Å²) in [4.78, 5) is 20.8. The zero-order valence-electron chi connectivity index (χ0n) is 17.5. The van der Waals surface area contributed by atoms with Crippen molar-refractivity contribution in [2.24, 2.45) is 4.99 Å². The highest BCUT2D eigenvalue weighted by Gasteiger charge is 2.25. The first-order valence-electron chi connectivity index (χ1n) is 9.27. The van der Waals surface area contributed by atoms with Crippen LogP contribution in [0.2, 0.25) is 0 Å². The molecule has 0 bridgehead atoms. The molecule has 7 nitrogen and oxygen atoms in total. The highest BCUT2D eigenvalue weighted by Crippen LogP contribution is 2.11. The first kappa shape index (κ1) is 25.2. The normalized spacial score (nSPS) is 16.7. The summed E-state index contributed by atoms with van der Waals surface area (Å²) in [5, 5.41) is 6.66. The Morgan fingerprint density at radius 2 is 1.65 bits per heavy atom. The van der Waals surface area contributed by atoms with Crippen LogP contribution in [-0.2, 0) is 4.74 Å². The van der Waals surface area contributed by atoms with Crippen LogP contribution in [0.1, 0.15) is 48.5 Å². The lowest BCUT2D eigenvalue weighted by atomic mass is 10.1. The van der Waals surface area contributed by atoms with Gasteiger partial charge in [0.05, 0.1) is 6.54 Å². The summed E-state index contributed by atoms with van der Waals surface area (Å²) in [5.41, 5.74) is -0.453. The number of nitrogens with zero attached hydrogens (tertiary/aromatic N) is 3. The zero-order chi connectivity index (χ0) is 19.1. The standard InChI is InChI=1S/C18H37N5O2.HI/c1-8-19-15(21-17(2,3)4)20-9-10-22-11-13-23(14-12-22)16(24)25-18(5,6)7;/h8-14H2,1-7H3,(H2,19,20,21);1H. The number of piperazine rings is 1. The van der Waals surface area contributed by atoms with Crippen molar-refractivity contribution in [3.8, 4) is 0 Å². The Hall–Kier alpha value is -0.770. The summed E-state index contributed by atoms with van der Waals surface area (Å²) in [6, 6.07) is 0. The van der Waals surface area contributed by atoms with Crippen LogP contribution in [-0.4, -0.2) is 78.8 Å². The fraction of sp³-hybridized carbons (Fsp3) is 0.889. The molecule has 0 atom stereocenters. The van der Waals surface area contributed by atoms with Gasteiger partial charge in [0.25, 0.3) is 0 Å². The van der Waals surface area contributed by atoms with Crippen molar-refractivity contribution in [3.05, 3.63) is 0 Å². The Bertz CT molecular complexity index is 449. The molecule has 154 valence electrons. The molecule has 0 saturated carbocycles. The Kier molecular flexibility index (Phi) is 10.8. The van der Waals surface area contributed by atoms with Gasteiger partial charge in [-0.25, -0.2) is 4.79 Å². The second-order valence-corrected chi connectivity index (χ2v) is 8.44.